The number of esters is 1. The summed E-state index contributed by atoms with van der Waals surface area (Å²) >= 11 is 0. The van der Waals surface area contributed by atoms with Crippen LogP contribution in [0.5, 0.6) is 0 Å². The van der Waals surface area contributed by atoms with Gasteiger partial charge in [0.25, 0.3) is 0 Å². The third-order valence-corrected chi connectivity index (χ3v) is 3.99. The van der Waals surface area contributed by atoms with Gasteiger partial charge in [0, 0.05) is 13.1 Å². The van der Waals surface area contributed by atoms with Crippen LogP contribution in [-0.4, -0.2) is 30.6 Å². The molecule has 0 radical (unpaired) electrons. The van der Waals surface area contributed by atoms with Gasteiger partial charge < -0.3 is 10.5 Å². The van der Waals surface area contributed by atoms with Crippen LogP contribution < -0.4 is 5.73 Å². The first-order valence-electron chi connectivity index (χ1n) is 7.50. The number of nitrogens with zero attached hydrogens (tertiary/aromatic N) is 1. The number of rotatable bonds is 5. The molecular weight excluding hydrogens is 271 g/mol. The molecule has 1 aromatic rings. The zero-order chi connectivity index (χ0) is 15.2. The van der Waals surface area contributed by atoms with Gasteiger partial charge in [-0.25, -0.2) is 4.39 Å². The third-order valence-electron chi connectivity index (χ3n) is 3.99. The maximum atomic E-state index is 13.2. The van der Waals surface area contributed by atoms with Gasteiger partial charge >= 0.3 is 5.97 Å². The molecule has 1 aromatic carbocycles. The Bertz CT molecular complexity index is 485. The van der Waals surface area contributed by atoms with E-state index in [-0.39, 0.29) is 17.7 Å². The summed E-state index contributed by atoms with van der Waals surface area (Å²) in [5.41, 5.74) is 7.59. The van der Waals surface area contributed by atoms with Crippen molar-refractivity contribution in [2.24, 2.45) is 11.7 Å². The van der Waals surface area contributed by atoms with Crippen LogP contribution in [0.25, 0.3) is 0 Å². The van der Waals surface area contributed by atoms with Crippen molar-refractivity contribution in [3.8, 4) is 0 Å². The molecule has 1 fully saturated rings. The lowest BCUT2D eigenvalue weighted by Gasteiger charge is -2.31. The van der Waals surface area contributed by atoms with E-state index < -0.39 is 0 Å². The van der Waals surface area contributed by atoms with E-state index in [1.807, 2.05) is 6.92 Å². The SMILES string of the molecule is CCOC(=O)C1CCN(Cc2ccc(F)cc2CN)CC1. The Morgan fingerprint density at radius 1 is 1.38 bits per heavy atom. The largest absolute Gasteiger partial charge is 0.466 e. The second-order valence-corrected chi connectivity index (χ2v) is 5.42. The summed E-state index contributed by atoms with van der Waals surface area (Å²) in [4.78, 5) is 14.0. The number of hydrogen-bond acceptors (Lipinski definition) is 4. The highest BCUT2D eigenvalue weighted by Gasteiger charge is 2.26. The first-order chi connectivity index (χ1) is 10.1. The van der Waals surface area contributed by atoms with E-state index in [1.54, 1.807) is 6.07 Å². The smallest absolute Gasteiger partial charge is 0.309 e. The van der Waals surface area contributed by atoms with Gasteiger partial charge in [0.2, 0.25) is 0 Å². The predicted molar refractivity (Wildman–Crippen MR) is 78.9 cm³/mol. The molecule has 0 bridgehead atoms. The van der Waals surface area contributed by atoms with E-state index >= 15 is 0 Å². The molecule has 0 saturated carbocycles. The van der Waals surface area contributed by atoms with Gasteiger partial charge in [-0.05, 0) is 56.1 Å². The number of hydrogen-bond donors (Lipinski definition) is 1. The van der Waals surface area contributed by atoms with E-state index in [2.05, 4.69) is 4.90 Å². The molecule has 0 spiro atoms. The molecule has 0 unspecified atom stereocenters. The number of benzene rings is 1. The monoisotopic (exact) mass is 294 g/mol. The van der Waals surface area contributed by atoms with Crippen LogP contribution in [0, 0.1) is 11.7 Å². The third kappa shape index (κ3) is 4.25. The van der Waals surface area contributed by atoms with Gasteiger partial charge in [-0.15, -0.1) is 0 Å². The second kappa shape index (κ2) is 7.52. The normalized spacial score (nSPS) is 16.9. The number of likely N-dealkylation sites (tertiary alicyclic amines) is 1. The van der Waals surface area contributed by atoms with Gasteiger partial charge in [0.05, 0.1) is 12.5 Å². The highest BCUT2D eigenvalue weighted by Crippen LogP contribution is 2.21. The summed E-state index contributed by atoms with van der Waals surface area (Å²) in [5, 5.41) is 0. The molecule has 1 aliphatic rings. The minimum Gasteiger partial charge on any atom is -0.466 e. The Labute approximate surface area is 125 Å². The maximum Gasteiger partial charge on any atom is 0.309 e. The standard InChI is InChI=1S/C16H23FN2O2/c1-2-21-16(20)12-5-7-19(8-6-12)11-13-3-4-15(17)9-14(13)10-18/h3-4,9,12H,2,5-8,10-11,18H2,1H3. The molecule has 0 atom stereocenters. The Morgan fingerprint density at radius 2 is 2.10 bits per heavy atom. The molecule has 0 aliphatic carbocycles. The number of carbonyl (C=O) groups excluding carboxylic acids is 1. The van der Waals surface area contributed by atoms with Crippen molar-refractivity contribution >= 4 is 5.97 Å². The van der Waals surface area contributed by atoms with Crippen molar-refractivity contribution in [2.75, 3.05) is 19.7 Å². The number of nitrogens with two attached hydrogens (primary N) is 1. The maximum absolute atomic E-state index is 13.2. The highest BCUT2D eigenvalue weighted by molar-refractivity contribution is 5.72. The zero-order valence-corrected chi connectivity index (χ0v) is 12.5. The molecule has 4 nitrogen and oxygen atoms in total. The van der Waals surface area contributed by atoms with E-state index in [1.165, 1.54) is 12.1 Å². The molecule has 1 heterocycles. The second-order valence-electron chi connectivity index (χ2n) is 5.42. The summed E-state index contributed by atoms with van der Waals surface area (Å²) in [6.07, 6.45) is 1.63. The van der Waals surface area contributed by atoms with Crippen LogP contribution in [0.4, 0.5) is 4.39 Å². The topological polar surface area (TPSA) is 55.6 Å². The van der Waals surface area contributed by atoms with Gasteiger partial charge in [-0.2, -0.15) is 0 Å². The molecular formula is C16H23FN2O2. The van der Waals surface area contributed by atoms with Gasteiger partial charge in [0.15, 0.2) is 0 Å². The minimum absolute atomic E-state index is 0.0170. The fourth-order valence-electron chi connectivity index (χ4n) is 2.77. The lowest BCUT2D eigenvalue weighted by atomic mass is 9.96. The van der Waals surface area contributed by atoms with Crippen molar-refractivity contribution in [2.45, 2.75) is 32.9 Å². The van der Waals surface area contributed by atoms with Crippen LogP contribution in [0.1, 0.15) is 30.9 Å². The van der Waals surface area contributed by atoms with Gasteiger partial charge in [-0.3, -0.25) is 9.69 Å². The molecule has 116 valence electrons. The fourth-order valence-corrected chi connectivity index (χ4v) is 2.77. The van der Waals surface area contributed by atoms with Crippen LogP contribution in [0.2, 0.25) is 0 Å². The fraction of sp³-hybridized carbons (Fsp3) is 0.562. The quantitative estimate of drug-likeness (QED) is 0.845. The zero-order valence-electron chi connectivity index (χ0n) is 12.5. The van der Waals surface area contributed by atoms with Crippen LogP contribution >= 0.6 is 0 Å². The first-order valence-corrected chi connectivity index (χ1v) is 7.50. The Kier molecular flexibility index (Phi) is 5.70. The molecule has 21 heavy (non-hydrogen) atoms. The van der Waals surface area contributed by atoms with E-state index in [9.17, 15) is 9.18 Å². The summed E-state index contributed by atoms with van der Waals surface area (Å²) in [6.45, 7) is 5.06. The Balaban J connectivity index is 1.90. The van der Waals surface area contributed by atoms with Crippen molar-refractivity contribution in [1.29, 1.82) is 0 Å². The molecule has 2 rings (SSSR count). The summed E-state index contributed by atoms with van der Waals surface area (Å²) in [5.74, 6) is -0.315. The number of carbonyl (C=O) groups is 1. The van der Waals surface area contributed by atoms with Crippen LogP contribution in [0.15, 0.2) is 18.2 Å². The molecule has 2 N–H and O–H groups in total. The average Bonchev–Trinajstić information content (AvgIpc) is 2.50. The van der Waals surface area contributed by atoms with Crippen molar-refractivity contribution in [3.05, 3.63) is 35.1 Å². The minimum atomic E-state index is -0.250. The molecule has 0 amide bonds. The van der Waals surface area contributed by atoms with Gasteiger partial charge in [0.1, 0.15) is 5.82 Å². The van der Waals surface area contributed by atoms with Gasteiger partial charge in [-0.1, -0.05) is 6.07 Å². The number of ether oxygens (including phenoxy) is 1. The lowest BCUT2D eigenvalue weighted by Crippen LogP contribution is -2.36. The van der Waals surface area contributed by atoms with E-state index in [0.29, 0.717) is 13.2 Å². The van der Waals surface area contributed by atoms with E-state index in [0.717, 1.165) is 43.6 Å². The average molecular weight is 294 g/mol. The van der Waals surface area contributed by atoms with Crippen molar-refractivity contribution in [3.63, 3.8) is 0 Å². The lowest BCUT2D eigenvalue weighted by molar-refractivity contribution is -0.149. The summed E-state index contributed by atoms with van der Waals surface area (Å²) in [7, 11) is 0. The summed E-state index contributed by atoms with van der Waals surface area (Å²) in [6, 6.07) is 4.77. The van der Waals surface area contributed by atoms with E-state index in [4.69, 9.17) is 10.5 Å². The van der Waals surface area contributed by atoms with Crippen LogP contribution in [-0.2, 0) is 22.6 Å². The van der Waals surface area contributed by atoms with Crippen molar-refractivity contribution < 1.29 is 13.9 Å². The summed E-state index contributed by atoms with van der Waals surface area (Å²) < 4.78 is 18.3. The van der Waals surface area contributed by atoms with Crippen molar-refractivity contribution in [1.82, 2.24) is 4.90 Å². The highest BCUT2D eigenvalue weighted by atomic mass is 19.1. The molecule has 0 aromatic heterocycles. The molecule has 1 aliphatic heterocycles. The molecule has 1 saturated heterocycles. The van der Waals surface area contributed by atoms with Crippen LogP contribution in [0.3, 0.4) is 0 Å². The molecule has 5 heteroatoms. The number of piperidine rings is 1. The Hall–Kier alpha value is -1.46. The number of halogens is 1. The first kappa shape index (κ1) is 15.9. The predicted octanol–water partition coefficient (Wildman–Crippen LogP) is 2.06. The Morgan fingerprint density at radius 3 is 2.71 bits per heavy atom.